The van der Waals surface area contributed by atoms with Crippen LogP contribution in [-0.4, -0.2) is 11.5 Å². The largest absolute Gasteiger partial charge is 0.397 e. The van der Waals surface area contributed by atoms with Crippen LogP contribution in [0.3, 0.4) is 0 Å². The summed E-state index contributed by atoms with van der Waals surface area (Å²) in [7, 11) is 0. The fraction of sp³-hybridized carbons (Fsp3) is 0.154. The summed E-state index contributed by atoms with van der Waals surface area (Å²) in [6, 6.07) is 7.37. The summed E-state index contributed by atoms with van der Waals surface area (Å²) in [5.41, 5.74) is 8.47. The van der Waals surface area contributed by atoms with Crippen molar-refractivity contribution in [3.63, 3.8) is 0 Å². The van der Waals surface area contributed by atoms with Gasteiger partial charge in [-0.3, -0.25) is 4.98 Å². The number of pyridine rings is 1. The average Bonchev–Trinajstić information content (AvgIpc) is 2.37. The van der Waals surface area contributed by atoms with Gasteiger partial charge >= 0.3 is 0 Å². The predicted molar refractivity (Wildman–Crippen MR) is 77.3 cm³/mol. The van der Waals surface area contributed by atoms with Crippen LogP contribution >= 0.6 is 23.2 Å². The van der Waals surface area contributed by atoms with Gasteiger partial charge in [-0.15, -0.1) is 0 Å². The average molecular weight is 282 g/mol. The molecule has 18 heavy (non-hydrogen) atoms. The number of rotatable bonds is 4. The van der Waals surface area contributed by atoms with E-state index in [0.29, 0.717) is 15.7 Å². The summed E-state index contributed by atoms with van der Waals surface area (Å²) in [5, 5.41) is 4.20. The maximum Gasteiger partial charge on any atom is 0.0614 e. The van der Waals surface area contributed by atoms with Crippen LogP contribution in [-0.2, 0) is 6.42 Å². The second kappa shape index (κ2) is 5.94. The van der Waals surface area contributed by atoms with Gasteiger partial charge in [0, 0.05) is 18.9 Å². The molecule has 2 aromatic rings. The molecule has 0 bridgehead atoms. The van der Waals surface area contributed by atoms with E-state index in [-0.39, 0.29) is 0 Å². The van der Waals surface area contributed by atoms with Gasteiger partial charge in [0.05, 0.1) is 21.4 Å². The van der Waals surface area contributed by atoms with Crippen molar-refractivity contribution in [3.8, 4) is 0 Å². The highest BCUT2D eigenvalue weighted by Gasteiger charge is 2.04. The molecule has 1 aromatic heterocycles. The molecule has 1 heterocycles. The molecule has 0 spiro atoms. The van der Waals surface area contributed by atoms with E-state index in [1.165, 1.54) is 5.56 Å². The fourth-order valence-electron chi connectivity index (χ4n) is 1.61. The third-order valence-electron chi connectivity index (χ3n) is 2.57. The minimum Gasteiger partial charge on any atom is -0.397 e. The molecule has 0 aliphatic rings. The molecule has 0 unspecified atom stereocenters. The molecule has 2 rings (SSSR count). The zero-order valence-corrected chi connectivity index (χ0v) is 11.2. The number of benzene rings is 1. The van der Waals surface area contributed by atoms with Crippen LogP contribution in [0.4, 0.5) is 11.4 Å². The molecule has 0 radical (unpaired) electrons. The molecule has 0 saturated carbocycles. The zero-order valence-electron chi connectivity index (χ0n) is 9.66. The van der Waals surface area contributed by atoms with Crippen LogP contribution < -0.4 is 11.1 Å². The van der Waals surface area contributed by atoms with Crippen LogP contribution in [0.2, 0.25) is 10.0 Å². The maximum absolute atomic E-state index is 5.95. The first-order valence-electron chi connectivity index (χ1n) is 5.54. The Bertz CT molecular complexity index is 529. The number of halogens is 2. The number of nitrogens with two attached hydrogens (primary N) is 1. The van der Waals surface area contributed by atoms with E-state index >= 15 is 0 Å². The second-order valence-electron chi connectivity index (χ2n) is 3.89. The SMILES string of the molecule is Nc1cc(Cl)c(Cl)cc1NCCc1ccncc1. The van der Waals surface area contributed by atoms with Gasteiger partial charge in [-0.1, -0.05) is 23.2 Å². The molecule has 94 valence electrons. The molecule has 0 aliphatic carbocycles. The number of nitrogens with zero attached hydrogens (tertiary/aromatic N) is 1. The van der Waals surface area contributed by atoms with Crippen LogP contribution in [0.25, 0.3) is 0 Å². The van der Waals surface area contributed by atoms with Crippen molar-refractivity contribution in [1.29, 1.82) is 0 Å². The molecule has 0 fully saturated rings. The van der Waals surface area contributed by atoms with Crippen LogP contribution in [0.15, 0.2) is 36.7 Å². The maximum atomic E-state index is 5.95. The third kappa shape index (κ3) is 3.28. The van der Waals surface area contributed by atoms with Gasteiger partial charge in [-0.05, 0) is 36.2 Å². The van der Waals surface area contributed by atoms with E-state index < -0.39 is 0 Å². The van der Waals surface area contributed by atoms with Gasteiger partial charge in [0.25, 0.3) is 0 Å². The lowest BCUT2D eigenvalue weighted by molar-refractivity contribution is 1.01. The Morgan fingerprint density at radius 1 is 1.11 bits per heavy atom. The van der Waals surface area contributed by atoms with E-state index in [2.05, 4.69) is 10.3 Å². The van der Waals surface area contributed by atoms with Crippen molar-refractivity contribution in [1.82, 2.24) is 4.98 Å². The molecule has 0 aliphatic heterocycles. The van der Waals surface area contributed by atoms with Crippen molar-refractivity contribution >= 4 is 34.6 Å². The van der Waals surface area contributed by atoms with Gasteiger partial charge in [0.1, 0.15) is 0 Å². The van der Waals surface area contributed by atoms with Gasteiger partial charge in [0.2, 0.25) is 0 Å². The van der Waals surface area contributed by atoms with E-state index in [0.717, 1.165) is 18.7 Å². The van der Waals surface area contributed by atoms with E-state index in [4.69, 9.17) is 28.9 Å². The molecular formula is C13H13Cl2N3. The topological polar surface area (TPSA) is 50.9 Å². The highest BCUT2D eigenvalue weighted by Crippen LogP contribution is 2.30. The van der Waals surface area contributed by atoms with Crippen LogP contribution in [0, 0.1) is 0 Å². The van der Waals surface area contributed by atoms with Gasteiger partial charge < -0.3 is 11.1 Å². The van der Waals surface area contributed by atoms with E-state index in [1.54, 1.807) is 24.5 Å². The number of hydrogen-bond donors (Lipinski definition) is 2. The summed E-state index contributed by atoms with van der Waals surface area (Å²) in [6.07, 6.45) is 4.45. The Labute approximate surface area is 116 Å². The summed E-state index contributed by atoms with van der Waals surface area (Å²) in [5.74, 6) is 0. The molecule has 0 atom stereocenters. The number of hydrogen-bond acceptors (Lipinski definition) is 3. The number of anilines is 2. The van der Waals surface area contributed by atoms with Crippen molar-refractivity contribution < 1.29 is 0 Å². The highest BCUT2D eigenvalue weighted by molar-refractivity contribution is 6.42. The Morgan fingerprint density at radius 3 is 2.50 bits per heavy atom. The van der Waals surface area contributed by atoms with Gasteiger partial charge in [-0.2, -0.15) is 0 Å². The summed E-state index contributed by atoms with van der Waals surface area (Å²) >= 11 is 11.8. The minimum atomic E-state index is 0.467. The zero-order chi connectivity index (χ0) is 13.0. The van der Waals surface area contributed by atoms with Crippen LogP contribution in [0.1, 0.15) is 5.56 Å². The molecular weight excluding hydrogens is 269 g/mol. The predicted octanol–water partition coefficient (Wildman–Crippen LogP) is 3.63. The molecule has 3 nitrogen and oxygen atoms in total. The van der Waals surface area contributed by atoms with Gasteiger partial charge in [-0.25, -0.2) is 0 Å². The third-order valence-corrected chi connectivity index (χ3v) is 3.29. The van der Waals surface area contributed by atoms with Crippen molar-refractivity contribution in [3.05, 3.63) is 52.3 Å². The Balaban J connectivity index is 1.97. The number of nitrogens with one attached hydrogen (secondary N) is 1. The summed E-state index contributed by atoms with van der Waals surface area (Å²) in [4.78, 5) is 3.97. The number of nitrogen functional groups attached to an aromatic ring is 1. The molecule has 1 aromatic carbocycles. The highest BCUT2D eigenvalue weighted by atomic mass is 35.5. The first-order valence-corrected chi connectivity index (χ1v) is 6.29. The second-order valence-corrected chi connectivity index (χ2v) is 4.70. The smallest absolute Gasteiger partial charge is 0.0614 e. The molecule has 5 heteroatoms. The minimum absolute atomic E-state index is 0.467. The van der Waals surface area contributed by atoms with Gasteiger partial charge in [0.15, 0.2) is 0 Å². The summed E-state index contributed by atoms with van der Waals surface area (Å²) in [6.45, 7) is 0.770. The Kier molecular flexibility index (Phi) is 4.28. The quantitative estimate of drug-likeness (QED) is 0.842. The number of aromatic nitrogens is 1. The lowest BCUT2D eigenvalue weighted by atomic mass is 10.2. The van der Waals surface area contributed by atoms with E-state index in [1.807, 2.05) is 12.1 Å². The standard InChI is InChI=1S/C13H13Cl2N3/c14-10-7-12(16)13(8-11(10)15)18-6-3-9-1-4-17-5-2-9/h1-2,4-5,7-8,18H,3,6,16H2. The fourth-order valence-corrected chi connectivity index (χ4v) is 1.94. The molecule has 0 saturated heterocycles. The van der Waals surface area contributed by atoms with E-state index in [9.17, 15) is 0 Å². The van der Waals surface area contributed by atoms with Crippen molar-refractivity contribution in [2.45, 2.75) is 6.42 Å². The Hall–Kier alpha value is -1.45. The Morgan fingerprint density at radius 2 is 1.78 bits per heavy atom. The lowest BCUT2D eigenvalue weighted by Gasteiger charge is -2.10. The summed E-state index contributed by atoms with van der Waals surface area (Å²) < 4.78 is 0. The molecule has 0 amide bonds. The lowest BCUT2D eigenvalue weighted by Crippen LogP contribution is -2.07. The molecule has 3 N–H and O–H groups in total. The first kappa shape index (κ1) is 13.0. The first-order chi connectivity index (χ1) is 8.66. The normalized spacial score (nSPS) is 10.3. The monoisotopic (exact) mass is 281 g/mol. The van der Waals surface area contributed by atoms with Crippen LogP contribution in [0.5, 0.6) is 0 Å². The van der Waals surface area contributed by atoms with Crippen molar-refractivity contribution in [2.75, 3.05) is 17.6 Å². The van der Waals surface area contributed by atoms with Crippen molar-refractivity contribution in [2.24, 2.45) is 0 Å².